The van der Waals surface area contributed by atoms with Crippen molar-refractivity contribution in [2.45, 2.75) is 19.3 Å². The summed E-state index contributed by atoms with van der Waals surface area (Å²) in [5, 5.41) is 10.5. The smallest absolute Gasteiger partial charge is 0.0437 e. The highest BCUT2D eigenvalue weighted by molar-refractivity contribution is 7.26. The lowest BCUT2D eigenvalue weighted by atomic mass is 9.81. The minimum absolute atomic E-state index is 0.107. The molecule has 0 fully saturated rings. The maximum Gasteiger partial charge on any atom is 0.0437 e. The van der Waals surface area contributed by atoms with Gasteiger partial charge in [0, 0.05) is 31.2 Å². The Bertz CT molecular complexity index is 3030. The van der Waals surface area contributed by atoms with Gasteiger partial charge in [-0.15, -0.1) is 11.3 Å². The Kier molecular flexibility index (Phi) is 6.27. The van der Waals surface area contributed by atoms with Crippen LogP contribution in [0.15, 0.2) is 170 Å². The molecule has 0 bridgehead atoms. The lowest BCUT2D eigenvalue weighted by Crippen LogP contribution is -2.14. The van der Waals surface area contributed by atoms with Crippen LogP contribution in [0.3, 0.4) is 0 Å². The molecule has 0 N–H and O–H groups in total. The fraction of sp³-hybridized carbons (Fsp3) is 0.0588. The van der Waals surface area contributed by atoms with E-state index in [4.69, 9.17) is 0 Å². The van der Waals surface area contributed by atoms with E-state index in [0.717, 1.165) is 0 Å². The monoisotopic (exact) mass is 678 g/mol. The highest BCUT2D eigenvalue weighted by Crippen LogP contribution is 2.55. The largest absolute Gasteiger partial charge is 0.134 e. The molecular formula is C51H34S. The first kappa shape index (κ1) is 29.7. The van der Waals surface area contributed by atoms with Crippen molar-refractivity contribution in [2.24, 2.45) is 0 Å². The fourth-order valence-electron chi connectivity index (χ4n) is 9.21. The predicted octanol–water partition coefficient (Wildman–Crippen LogP) is 14.8. The number of thiophene rings is 1. The van der Waals surface area contributed by atoms with Gasteiger partial charge in [0.25, 0.3) is 0 Å². The van der Waals surface area contributed by atoms with E-state index in [9.17, 15) is 0 Å². The Hall–Kier alpha value is -6.02. The number of hydrogen-bond acceptors (Lipinski definition) is 1. The van der Waals surface area contributed by atoms with Crippen LogP contribution in [0.2, 0.25) is 0 Å². The quantitative estimate of drug-likeness (QED) is 0.163. The molecular weight excluding hydrogens is 645 g/mol. The van der Waals surface area contributed by atoms with Gasteiger partial charge in [0.2, 0.25) is 0 Å². The first-order valence-corrected chi connectivity index (χ1v) is 19.0. The van der Waals surface area contributed by atoms with Crippen LogP contribution in [-0.4, -0.2) is 0 Å². The molecule has 10 aromatic rings. The number of hydrogen-bond donors (Lipinski definition) is 0. The second-order valence-electron chi connectivity index (χ2n) is 14.8. The van der Waals surface area contributed by atoms with E-state index in [1.807, 2.05) is 11.3 Å². The minimum Gasteiger partial charge on any atom is -0.134 e. The molecule has 0 radical (unpaired) electrons. The first-order chi connectivity index (χ1) is 25.6. The molecule has 1 aliphatic carbocycles. The zero-order valence-corrected chi connectivity index (χ0v) is 29.9. The van der Waals surface area contributed by atoms with E-state index in [1.54, 1.807) is 0 Å². The fourth-order valence-corrected chi connectivity index (χ4v) is 10.5. The predicted molar refractivity (Wildman–Crippen MR) is 226 cm³/mol. The van der Waals surface area contributed by atoms with Crippen LogP contribution >= 0.6 is 11.3 Å². The van der Waals surface area contributed by atoms with Gasteiger partial charge in [-0.2, -0.15) is 0 Å². The number of rotatable bonds is 3. The molecule has 52 heavy (non-hydrogen) atoms. The molecule has 9 aromatic carbocycles. The zero-order chi connectivity index (χ0) is 34.6. The van der Waals surface area contributed by atoms with Crippen molar-refractivity contribution in [2.75, 3.05) is 0 Å². The molecule has 11 rings (SSSR count). The number of benzene rings is 9. The molecule has 0 saturated carbocycles. The first-order valence-electron chi connectivity index (χ1n) is 18.2. The standard InChI is InChI=1S/C51H34S/c1-51(2)43-27-26-42-48-36-18-7-6-13-31(36)24-28-45(48)52-50(42)49(43)41-25-23-34(30-44(41)51)33-16-12-17-35(29-33)47-39-21-10-8-19-37(39)46(32-14-4-3-5-15-32)38-20-9-11-22-40(38)47/h3-30H,1-2H3. The molecule has 1 aliphatic rings. The Morgan fingerprint density at radius 2 is 0.981 bits per heavy atom. The van der Waals surface area contributed by atoms with E-state index in [0.29, 0.717) is 0 Å². The number of fused-ring (bicyclic) bond motifs is 11. The molecule has 1 aromatic heterocycles. The SMILES string of the molecule is CC1(C)c2cc(-c3cccc(-c4c5ccccc5c(-c5ccccc5)c5ccccc45)c3)ccc2-c2c1ccc1c2sc2ccc3ccccc3c21. The summed E-state index contributed by atoms with van der Waals surface area (Å²) < 4.78 is 2.77. The molecule has 0 aliphatic heterocycles. The van der Waals surface area contributed by atoms with Crippen molar-refractivity contribution in [3.63, 3.8) is 0 Å². The summed E-state index contributed by atoms with van der Waals surface area (Å²) in [6.07, 6.45) is 0. The Morgan fingerprint density at radius 3 is 1.71 bits per heavy atom. The molecule has 1 heteroatoms. The second kappa shape index (κ2) is 11.0. The van der Waals surface area contributed by atoms with Crippen LogP contribution < -0.4 is 0 Å². The van der Waals surface area contributed by atoms with Crippen LogP contribution in [0.4, 0.5) is 0 Å². The lowest BCUT2D eigenvalue weighted by molar-refractivity contribution is 0.661. The maximum atomic E-state index is 2.47. The van der Waals surface area contributed by atoms with Crippen molar-refractivity contribution < 1.29 is 0 Å². The highest BCUT2D eigenvalue weighted by Gasteiger charge is 2.37. The van der Waals surface area contributed by atoms with Gasteiger partial charge in [-0.3, -0.25) is 0 Å². The summed E-state index contributed by atoms with van der Waals surface area (Å²) in [5.41, 5.74) is 13.1. The third-order valence-corrected chi connectivity index (χ3v) is 12.8. The molecule has 0 nitrogen and oxygen atoms in total. The summed E-state index contributed by atoms with van der Waals surface area (Å²) in [7, 11) is 0. The average Bonchev–Trinajstić information content (AvgIpc) is 3.69. The molecule has 1 heterocycles. The Balaban J connectivity index is 1.09. The Morgan fingerprint density at radius 1 is 0.385 bits per heavy atom. The van der Waals surface area contributed by atoms with Gasteiger partial charge in [-0.1, -0.05) is 166 Å². The van der Waals surface area contributed by atoms with Crippen LogP contribution in [0, 0.1) is 0 Å². The second-order valence-corrected chi connectivity index (χ2v) is 15.9. The lowest BCUT2D eigenvalue weighted by Gasteiger charge is -2.22. The topological polar surface area (TPSA) is 0 Å². The van der Waals surface area contributed by atoms with Gasteiger partial charge >= 0.3 is 0 Å². The molecule has 0 spiro atoms. The van der Waals surface area contributed by atoms with Gasteiger partial charge in [0.1, 0.15) is 0 Å². The summed E-state index contributed by atoms with van der Waals surface area (Å²) >= 11 is 1.95. The summed E-state index contributed by atoms with van der Waals surface area (Å²) in [4.78, 5) is 0. The van der Waals surface area contributed by atoms with Crippen molar-refractivity contribution >= 4 is 63.8 Å². The van der Waals surface area contributed by atoms with Gasteiger partial charge in [-0.25, -0.2) is 0 Å². The molecule has 0 atom stereocenters. The van der Waals surface area contributed by atoms with Crippen LogP contribution in [0.1, 0.15) is 25.0 Å². The maximum absolute atomic E-state index is 2.47. The molecule has 0 saturated heterocycles. The van der Waals surface area contributed by atoms with E-state index < -0.39 is 0 Å². The van der Waals surface area contributed by atoms with E-state index in [2.05, 4.69) is 184 Å². The van der Waals surface area contributed by atoms with Crippen molar-refractivity contribution in [3.05, 3.63) is 181 Å². The average molecular weight is 679 g/mol. The molecule has 0 amide bonds. The normalized spacial score (nSPS) is 13.3. The van der Waals surface area contributed by atoms with Crippen molar-refractivity contribution in [3.8, 4) is 44.5 Å². The van der Waals surface area contributed by atoms with Gasteiger partial charge < -0.3 is 0 Å². The van der Waals surface area contributed by atoms with Crippen LogP contribution in [0.5, 0.6) is 0 Å². The highest BCUT2D eigenvalue weighted by atomic mass is 32.1. The summed E-state index contributed by atoms with van der Waals surface area (Å²) in [6, 6.07) is 63.3. The van der Waals surface area contributed by atoms with E-state index in [1.165, 1.54) is 108 Å². The summed E-state index contributed by atoms with van der Waals surface area (Å²) in [6.45, 7) is 4.80. The van der Waals surface area contributed by atoms with Crippen LogP contribution in [0.25, 0.3) is 97.0 Å². The molecule has 0 unspecified atom stereocenters. The minimum atomic E-state index is -0.107. The van der Waals surface area contributed by atoms with Gasteiger partial charge in [-0.05, 0) is 101 Å². The van der Waals surface area contributed by atoms with E-state index in [-0.39, 0.29) is 5.41 Å². The Labute approximate surface area is 307 Å². The van der Waals surface area contributed by atoms with Crippen LogP contribution in [-0.2, 0) is 5.41 Å². The van der Waals surface area contributed by atoms with Crippen molar-refractivity contribution in [1.29, 1.82) is 0 Å². The summed E-state index contributed by atoms with van der Waals surface area (Å²) in [5.74, 6) is 0. The van der Waals surface area contributed by atoms with E-state index >= 15 is 0 Å². The van der Waals surface area contributed by atoms with Gasteiger partial charge in [0.05, 0.1) is 0 Å². The molecule has 244 valence electrons. The third-order valence-electron chi connectivity index (χ3n) is 11.6. The third kappa shape index (κ3) is 4.15. The van der Waals surface area contributed by atoms with Crippen molar-refractivity contribution in [1.82, 2.24) is 0 Å². The van der Waals surface area contributed by atoms with Gasteiger partial charge in [0.15, 0.2) is 0 Å². The zero-order valence-electron chi connectivity index (χ0n) is 29.1.